The van der Waals surface area contributed by atoms with Gasteiger partial charge in [-0.2, -0.15) is 0 Å². The van der Waals surface area contributed by atoms with E-state index in [1.165, 1.54) is 0 Å². The number of rotatable bonds is 3. The second-order valence-electron chi connectivity index (χ2n) is 4.52. The van der Waals surface area contributed by atoms with Crippen molar-refractivity contribution in [1.82, 2.24) is 4.98 Å². The van der Waals surface area contributed by atoms with Gasteiger partial charge >= 0.3 is 0 Å². The number of anilines is 2. The second kappa shape index (κ2) is 5.42. The summed E-state index contributed by atoms with van der Waals surface area (Å²) in [7, 11) is 0. The van der Waals surface area contributed by atoms with E-state index in [2.05, 4.69) is 31.5 Å². The Morgan fingerprint density at radius 2 is 2.25 bits per heavy atom. The van der Waals surface area contributed by atoms with E-state index >= 15 is 0 Å². The van der Waals surface area contributed by atoms with E-state index in [1.807, 2.05) is 24.3 Å². The van der Waals surface area contributed by atoms with Gasteiger partial charge < -0.3 is 10.6 Å². The van der Waals surface area contributed by atoms with Gasteiger partial charge in [0, 0.05) is 5.69 Å². The highest BCUT2D eigenvalue weighted by Crippen LogP contribution is 2.33. The highest BCUT2D eigenvalue weighted by Gasteiger charge is 2.19. The Morgan fingerprint density at radius 3 is 3.05 bits per heavy atom. The number of carbonyl (C=O) groups excluding carboxylic acids is 1. The molecule has 6 heteroatoms. The number of benzene rings is 1. The number of nitrogens with one attached hydrogen (secondary N) is 2. The number of nitrogens with zero attached hydrogens (tertiary/aromatic N) is 1. The normalized spacial score (nSPS) is 13.0. The van der Waals surface area contributed by atoms with Gasteiger partial charge in [0.15, 0.2) is 0 Å². The minimum atomic E-state index is 0.00173. The first-order chi connectivity index (χ1) is 9.61. The van der Waals surface area contributed by atoms with Gasteiger partial charge in [-0.05, 0) is 45.8 Å². The molecule has 0 aliphatic carbocycles. The van der Waals surface area contributed by atoms with Crippen LogP contribution in [0.5, 0.6) is 0 Å². The lowest BCUT2D eigenvalue weighted by molar-refractivity contribution is -0.115. The van der Waals surface area contributed by atoms with Gasteiger partial charge in [0.1, 0.15) is 4.60 Å². The summed E-state index contributed by atoms with van der Waals surface area (Å²) in [5.74, 6) is 0.00173. The quantitative estimate of drug-likeness (QED) is 0.830. The van der Waals surface area contributed by atoms with Crippen molar-refractivity contribution in [3.8, 4) is 0 Å². The summed E-state index contributed by atoms with van der Waals surface area (Å²) in [6, 6.07) is 9.43. The van der Waals surface area contributed by atoms with Crippen molar-refractivity contribution < 1.29 is 4.79 Å². The summed E-state index contributed by atoms with van der Waals surface area (Å²) < 4.78 is 0.798. The molecule has 0 radical (unpaired) electrons. The molecule has 0 atom stereocenters. The summed E-state index contributed by atoms with van der Waals surface area (Å²) in [6.45, 7) is 0.569. The Labute approximate surface area is 129 Å². The molecule has 3 rings (SSSR count). The van der Waals surface area contributed by atoms with Crippen molar-refractivity contribution in [2.24, 2.45) is 0 Å². The summed E-state index contributed by atoms with van der Waals surface area (Å²) in [5.41, 5.74) is 3.48. The smallest absolute Gasteiger partial charge is 0.228 e. The van der Waals surface area contributed by atoms with Crippen molar-refractivity contribution in [3.63, 3.8) is 0 Å². The zero-order valence-electron chi connectivity index (χ0n) is 10.4. The van der Waals surface area contributed by atoms with Crippen LogP contribution in [0.15, 0.2) is 34.9 Å². The summed E-state index contributed by atoms with van der Waals surface area (Å²) in [4.78, 5) is 15.7. The number of halogens is 2. The molecule has 102 valence electrons. The topological polar surface area (TPSA) is 54.0 Å². The average Bonchev–Trinajstić information content (AvgIpc) is 2.75. The maximum atomic E-state index is 11.3. The lowest BCUT2D eigenvalue weighted by Gasteiger charge is -2.10. The first kappa shape index (κ1) is 13.4. The Morgan fingerprint density at radius 1 is 1.40 bits per heavy atom. The first-order valence-electron chi connectivity index (χ1n) is 6.09. The van der Waals surface area contributed by atoms with Crippen molar-refractivity contribution in [2.45, 2.75) is 13.0 Å². The molecule has 1 amide bonds. The SMILES string of the molecule is O=C1Cc2cc(NCc3cccc(Br)n3)c(Cl)cc2N1. The largest absolute Gasteiger partial charge is 0.378 e. The monoisotopic (exact) mass is 351 g/mol. The fourth-order valence-corrected chi connectivity index (χ4v) is 2.73. The zero-order valence-corrected chi connectivity index (χ0v) is 12.8. The van der Waals surface area contributed by atoms with E-state index in [0.717, 1.165) is 27.2 Å². The third kappa shape index (κ3) is 2.78. The summed E-state index contributed by atoms with van der Waals surface area (Å²) >= 11 is 9.55. The highest BCUT2D eigenvalue weighted by atomic mass is 79.9. The average molecular weight is 353 g/mol. The van der Waals surface area contributed by atoms with E-state index in [-0.39, 0.29) is 5.91 Å². The lowest BCUT2D eigenvalue weighted by atomic mass is 10.1. The third-order valence-electron chi connectivity index (χ3n) is 3.05. The predicted molar refractivity (Wildman–Crippen MR) is 83.0 cm³/mol. The molecule has 0 spiro atoms. The van der Waals surface area contributed by atoms with Gasteiger partial charge in [0.2, 0.25) is 5.91 Å². The zero-order chi connectivity index (χ0) is 14.1. The number of hydrogen-bond acceptors (Lipinski definition) is 3. The van der Waals surface area contributed by atoms with Crippen LogP contribution in [0.2, 0.25) is 5.02 Å². The molecule has 1 aliphatic rings. The summed E-state index contributed by atoms with van der Waals surface area (Å²) in [5, 5.41) is 6.61. The van der Waals surface area contributed by atoms with Gasteiger partial charge in [-0.25, -0.2) is 4.98 Å². The number of carbonyl (C=O) groups is 1. The molecule has 0 fully saturated rings. The molecule has 4 nitrogen and oxygen atoms in total. The second-order valence-corrected chi connectivity index (χ2v) is 5.74. The minimum Gasteiger partial charge on any atom is -0.378 e. The molecule has 0 saturated heterocycles. The molecule has 0 saturated carbocycles. The molecular weight excluding hydrogens is 342 g/mol. The van der Waals surface area contributed by atoms with Crippen LogP contribution in [-0.2, 0) is 17.8 Å². The Balaban J connectivity index is 1.78. The predicted octanol–water partition coefficient (Wildman–Crippen LogP) is 3.60. The Kier molecular flexibility index (Phi) is 3.63. The van der Waals surface area contributed by atoms with Crippen LogP contribution in [0.25, 0.3) is 0 Å². The molecule has 1 aromatic carbocycles. The fourth-order valence-electron chi connectivity index (χ4n) is 2.12. The third-order valence-corrected chi connectivity index (χ3v) is 3.81. The fraction of sp³-hybridized carbons (Fsp3) is 0.143. The standard InChI is InChI=1S/C14H11BrClN3O/c15-13-3-1-2-9(18-13)7-17-12-4-8-5-14(20)19-11(8)6-10(12)16/h1-4,6,17H,5,7H2,(H,19,20). The van der Waals surface area contributed by atoms with Crippen LogP contribution in [0.3, 0.4) is 0 Å². The first-order valence-corrected chi connectivity index (χ1v) is 7.26. The number of hydrogen-bond donors (Lipinski definition) is 2. The molecular formula is C14H11BrClN3O. The Hall–Kier alpha value is -1.59. The lowest BCUT2D eigenvalue weighted by Crippen LogP contribution is -2.03. The number of pyridine rings is 1. The van der Waals surface area contributed by atoms with Gasteiger partial charge in [0.25, 0.3) is 0 Å². The van der Waals surface area contributed by atoms with Gasteiger partial charge in [-0.1, -0.05) is 17.7 Å². The van der Waals surface area contributed by atoms with Crippen molar-refractivity contribution >= 4 is 44.8 Å². The summed E-state index contributed by atoms with van der Waals surface area (Å²) in [6.07, 6.45) is 0.399. The maximum Gasteiger partial charge on any atom is 0.228 e. The molecule has 1 aromatic heterocycles. The minimum absolute atomic E-state index is 0.00173. The van der Waals surface area contributed by atoms with Gasteiger partial charge in [-0.3, -0.25) is 4.79 Å². The van der Waals surface area contributed by atoms with E-state index in [0.29, 0.717) is 18.0 Å². The highest BCUT2D eigenvalue weighted by molar-refractivity contribution is 9.10. The molecule has 0 unspecified atom stereocenters. The van der Waals surface area contributed by atoms with E-state index in [9.17, 15) is 4.79 Å². The van der Waals surface area contributed by atoms with Crippen molar-refractivity contribution in [2.75, 3.05) is 10.6 Å². The van der Waals surface area contributed by atoms with Crippen LogP contribution in [0.4, 0.5) is 11.4 Å². The van der Waals surface area contributed by atoms with E-state index in [4.69, 9.17) is 11.6 Å². The van der Waals surface area contributed by atoms with Crippen LogP contribution < -0.4 is 10.6 Å². The molecule has 0 bridgehead atoms. The Bertz CT molecular complexity index is 690. The molecule has 1 aliphatic heterocycles. The molecule has 2 aromatic rings. The maximum absolute atomic E-state index is 11.3. The number of amides is 1. The van der Waals surface area contributed by atoms with Crippen LogP contribution in [-0.4, -0.2) is 10.9 Å². The molecule has 20 heavy (non-hydrogen) atoms. The molecule has 2 heterocycles. The van der Waals surface area contributed by atoms with Crippen LogP contribution in [0, 0.1) is 0 Å². The van der Waals surface area contributed by atoms with E-state index in [1.54, 1.807) is 6.07 Å². The van der Waals surface area contributed by atoms with Crippen molar-refractivity contribution in [3.05, 3.63) is 51.2 Å². The number of fused-ring (bicyclic) bond motifs is 1. The van der Waals surface area contributed by atoms with Crippen LogP contribution in [0.1, 0.15) is 11.3 Å². The van der Waals surface area contributed by atoms with Gasteiger partial charge in [-0.15, -0.1) is 0 Å². The number of aromatic nitrogens is 1. The van der Waals surface area contributed by atoms with Crippen LogP contribution >= 0.6 is 27.5 Å². The van der Waals surface area contributed by atoms with Gasteiger partial charge in [0.05, 0.1) is 29.4 Å². The van der Waals surface area contributed by atoms with Crippen molar-refractivity contribution in [1.29, 1.82) is 0 Å². The molecule has 2 N–H and O–H groups in total. The van der Waals surface area contributed by atoms with E-state index < -0.39 is 0 Å².